The van der Waals surface area contributed by atoms with E-state index in [0.717, 1.165) is 25.0 Å². The molecule has 1 saturated heterocycles. The van der Waals surface area contributed by atoms with Crippen LogP contribution in [0.3, 0.4) is 0 Å². The van der Waals surface area contributed by atoms with Crippen molar-refractivity contribution in [3.8, 4) is 5.88 Å². The van der Waals surface area contributed by atoms with Crippen LogP contribution in [0.2, 0.25) is 0 Å². The molecule has 2 amide bonds. The highest BCUT2D eigenvalue weighted by atomic mass is 16.5. The predicted octanol–water partition coefficient (Wildman–Crippen LogP) is 1.85. The van der Waals surface area contributed by atoms with Crippen molar-refractivity contribution in [3.05, 3.63) is 23.9 Å². The summed E-state index contributed by atoms with van der Waals surface area (Å²) in [7, 11) is 0. The molecule has 0 aromatic carbocycles. The third-order valence-corrected chi connectivity index (χ3v) is 3.45. The number of urea groups is 1. The van der Waals surface area contributed by atoms with Crippen LogP contribution < -0.4 is 15.4 Å². The zero-order valence-corrected chi connectivity index (χ0v) is 12.6. The van der Waals surface area contributed by atoms with Gasteiger partial charge in [-0.2, -0.15) is 0 Å². The van der Waals surface area contributed by atoms with Crippen LogP contribution >= 0.6 is 0 Å². The van der Waals surface area contributed by atoms with Crippen molar-refractivity contribution < 1.29 is 14.3 Å². The molecule has 6 nitrogen and oxygen atoms in total. The maximum Gasteiger partial charge on any atom is 0.315 e. The second kappa shape index (κ2) is 7.83. The summed E-state index contributed by atoms with van der Waals surface area (Å²) in [6.45, 7) is 5.58. The van der Waals surface area contributed by atoms with E-state index >= 15 is 0 Å². The zero-order chi connectivity index (χ0) is 15.1. The van der Waals surface area contributed by atoms with Crippen LogP contribution in [0, 0.1) is 0 Å². The number of amides is 2. The average molecular weight is 293 g/mol. The molecule has 2 heterocycles. The minimum atomic E-state index is -0.204. The molecule has 0 bridgehead atoms. The summed E-state index contributed by atoms with van der Waals surface area (Å²) in [5.41, 5.74) is 0.860. The van der Waals surface area contributed by atoms with Crippen LogP contribution in [0.4, 0.5) is 4.79 Å². The Morgan fingerprint density at radius 1 is 1.62 bits per heavy atom. The van der Waals surface area contributed by atoms with Crippen molar-refractivity contribution in [3.63, 3.8) is 0 Å². The molecule has 21 heavy (non-hydrogen) atoms. The first-order valence-corrected chi connectivity index (χ1v) is 7.43. The topological polar surface area (TPSA) is 72.5 Å². The second-order valence-corrected chi connectivity index (χ2v) is 5.07. The monoisotopic (exact) mass is 293 g/mol. The quantitative estimate of drug-likeness (QED) is 0.839. The molecular weight excluding hydrogens is 270 g/mol. The Kier molecular flexibility index (Phi) is 5.80. The smallest absolute Gasteiger partial charge is 0.315 e. The first-order valence-electron chi connectivity index (χ1n) is 7.43. The minimum absolute atomic E-state index is 0.00719. The van der Waals surface area contributed by atoms with Gasteiger partial charge in [-0.05, 0) is 32.8 Å². The van der Waals surface area contributed by atoms with Crippen LogP contribution in [-0.4, -0.2) is 36.4 Å². The fourth-order valence-electron chi connectivity index (χ4n) is 2.35. The summed E-state index contributed by atoms with van der Waals surface area (Å²) in [5.74, 6) is 0.562. The molecule has 116 valence electrons. The lowest BCUT2D eigenvalue weighted by Gasteiger charge is -2.20. The Labute approximate surface area is 125 Å². The highest BCUT2D eigenvalue weighted by molar-refractivity contribution is 5.74. The normalized spacial score (nSPS) is 19.0. The van der Waals surface area contributed by atoms with Crippen molar-refractivity contribution in [1.29, 1.82) is 0 Å². The molecule has 1 aromatic rings. The van der Waals surface area contributed by atoms with E-state index in [1.807, 2.05) is 26.0 Å². The molecule has 0 aliphatic carbocycles. The van der Waals surface area contributed by atoms with Gasteiger partial charge in [-0.15, -0.1) is 0 Å². The minimum Gasteiger partial charge on any atom is -0.478 e. The van der Waals surface area contributed by atoms with Crippen LogP contribution in [0.25, 0.3) is 0 Å². The van der Waals surface area contributed by atoms with Crippen LogP contribution in [0.5, 0.6) is 5.88 Å². The Morgan fingerprint density at radius 3 is 3.19 bits per heavy atom. The van der Waals surface area contributed by atoms with Gasteiger partial charge in [0.15, 0.2) is 0 Å². The summed E-state index contributed by atoms with van der Waals surface area (Å²) in [6, 6.07) is 3.52. The van der Waals surface area contributed by atoms with Gasteiger partial charge in [-0.25, -0.2) is 9.78 Å². The molecule has 0 radical (unpaired) electrons. The summed E-state index contributed by atoms with van der Waals surface area (Å²) in [4.78, 5) is 16.1. The van der Waals surface area contributed by atoms with Gasteiger partial charge >= 0.3 is 6.03 Å². The zero-order valence-electron chi connectivity index (χ0n) is 12.6. The van der Waals surface area contributed by atoms with Gasteiger partial charge in [0.1, 0.15) is 0 Å². The van der Waals surface area contributed by atoms with E-state index in [4.69, 9.17) is 9.47 Å². The predicted molar refractivity (Wildman–Crippen MR) is 79.2 cm³/mol. The molecule has 0 spiro atoms. The molecule has 0 unspecified atom stereocenters. The Morgan fingerprint density at radius 2 is 2.48 bits per heavy atom. The largest absolute Gasteiger partial charge is 0.478 e. The number of carbonyl (C=O) groups excluding carboxylic acids is 1. The van der Waals surface area contributed by atoms with Gasteiger partial charge in [-0.3, -0.25) is 0 Å². The van der Waals surface area contributed by atoms with E-state index in [1.165, 1.54) is 0 Å². The third kappa shape index (κ3) is 4.60. The fraction of sp³-hybridized carbons (Fsp3) is 0.600. The molecule has 1 aliphatic heterocycles. The number of hydrogen-bond donors (Lipinski definition) is 2. The third-order valence-electron chi connectivity index (χ3n) is 3.45. The molecule has 2 atom stereocenters. The first kappa shape index (κ1) is 15.6. The number of rotatable bonds is 6. The lowest BCUT2D eigenvalue weighted by molar-refractivity contribution is 0.0860. The number of ether oxygens (including phenoxy) is 2. The number of pyridine rings is 1. The van der Waals surface area contributed by atoms with Gasteiger partial charge in [-0.1, -0.05) is 6.07 Å². The van der Waals surface area contributed by atoms with Gasteiger partial charge in [0.25, 0.3) is 0 Å². The number of carbonyl (C=O) groups is 1. The van der Waals surface area contributed by atoms with Crippen molar-refractivity contribution in [2.75, 3.05) is 13.2 Å². The number of hydrogen-bond acceptors (Lipinski definition) is 4. The van der Waals surface area contributed by atoms with Crippen molar-refractivity contribution in [2.45, 2.75) is 45.4 Å². The number of aromatic nitrogens is 1. The van der Waals surface area contributed by atoms with Crippen molar-refractivity contribution in [1.82, 2.24) is 15.6 Å². The van der Waals surface area contributed by atoms with E-state index < -0.39 is 0 Å². The number of nitrogens with zero attached hydrogens (tertiary/aromatic N) is 1. The highest BCUT2D eigenvalue weighted by Gasteiger charge is 2.23. The SMILES string of the molecule is CCOc1ncccc1CNC(=O)N[C@H](C)[C@H]1CCCO1. The molecule has 2 N–H and O–H groups in total. The Hall–Kier alpha value is -1.82. The lowest BCUT2D eigenvalue weighted by atomic mass is 10.1. The van der Waals surface area contributed by atoms with Gasteiger partial charge in [0.05, 0.1) is 18.8 Å². The maximum absolute atomic E-state index is 11.9. The molecule has 0 saturated carbocycles. The number of nitrogens with one attached hydrogen (secondary N) is 2. The molecule has 6 heteroatoms. The molecule has 2 rings (SSSR count). The maximum atomic E-state index is 11.9. The highest BCUT2D eigenvalue weighted by Crippen LogP contribution is 2.16. The van der Waals surface area contributed by atoms with Gasteiger partial charge in [0.2, 0.25) is 5.88 Å². The first-order chi connectivity index (χ1) is 10.2. The van der Waals surface area contributed by atoms with Crippen molar-refractivity contribution in [2.24, 2.45) is 0 Å². The average Bonchev–Trinajstić information content (AvgIpc) is 3.01. The molecule has 1 aromatic heterocycles. The Balaban J connectivity index is 1.80. The summed E-state index contributed by atoms with van der Waals surface area (Å²) >= 11 is 0. The van der Waals surface area contributed by atoms with Crippen LogP contribution in [0.15, 0.2) is 18.3 Å². The van der Waals surface area contributed by atoms with Crippen molar-refractivity contribution >= 4 is 6.03 Å². The Bertz CT molecular complexity index is 461. The van der Waals surface area contributed by atoms with E-state index in [0.29, 0.717) is 19.0 Å². The van der Waals surface area contributed by atoms with E-state index in [-0.39, 0.29) is 18.2 Å². The van der Waals surface area contributed by atoms with E-state index in [1.54, 1.807) is 6.20 Å². The lowest BCUT2D eigenvalue weighted by Crippen LogP contribution is -2.45. The summed E-state index contributed by atoms with van der Waals surface area (Å²) in [5, 5.41) is 5.73. The standard InChI is InChI=1S/C15H23N3O3/c1-3-20-14-12(6-4-8-16-14)10-17-15(19)18-11(2)13-7-5-9-21-13/h4,6,8,11,13H,3,5,7,9-10H2,1-2H3,(H2,17,18,19)/t11-,13-/m1/s1. The molecular formula is C15H23N3O3. The fourth-order valence-corrected chi connectivity index (χ4v) is 2.35. The van der Waals surface area contributed by atoms with Crippen LogP contribution in [0.1, 0.15) is 32.3 Å². The summed E-state index contributed by atoms with van der Waals surface area (Å²) in [6.07, 6.45) is 3.85. The van der Waals surface area contributed by atoms with Crippen LogP contribution in [-0.2, 0) is 11.3 Å². The van der Waals surface area contributed by atoms with E-state index in [9.17, 15) is 4.79 Å². The van der Waals surface area contributed by atoms with Gasteiger partial charge < -0.3 is 20.1 Å². The summed E-state index contributed by atoms with van der Waals surface area (Å²) < 4.78 is 11.0. The van der Waals surface area contributed by atoms with E-state index in [2.05, 4.69) is 15.6 Å². The second-order valence-electron chi connectivity index (χ2n) is 5.07. The molecule has 1 fully saturated rings. The molecule has 1 aliphatic rings. The van der Waals surface area contributed by atoms with Gasteiger partial charge in [0, 0.05) is 24.9 Å².